The standard InChI is InChI=1S/C16H24N2O3/c1-12(15-5-3-4-14(10-15)11-19)17-13(2)16(20)18-6-8-21-9-7-18/h3-5,10,12-13,17,19H,6-9,11H2,1-2H3. The van der Waals surface area contributed by atoms with E-state index in [9.17, 15) is 9.90 Å². The second-order valence-electron chi connectivity index (χ2n) is 5.45. The largest absolute Gasteiger partial charge is 0.392 e. The summed E-state index contributed by atoms with van der Waals surface area (Å²) in [7, 11) is 0. The zero-order chi connectivity index (χ0) is 15.2. The quantitative estimate of drug-likeness (QED) is 0.852. The summed E-state index contributed by atoms with van der Waals surface area (Å²) in [5.41, 5.74) is 1.96. The van der Waals surface area contributed by atoms with Crippen LogP contribution in [0.25, 0.3) is 0 Å². The second kappa shape index (κ2) is 7.54. The molecular weight excluding hydrogens is 268 g/mol. The molecule has 2 N–H and O–H groups in total. The number of ether oxygens (including phenoxy) is 1. The molecular formula is C16H24N2O3. The molecule has 0 aromatic heterocycles. The lowest BCUT2D eigenvalue weighted by molar-refractivity contribution is -0.137. The van der Waals surface area contributed by atoms with E-state index in [2.05, 4.69) is 5.32 Å². The molecule has 2 atom stereocenters. The summed E-state index contributed by atoms with van der Waals surface area (Å²) in [4.78, 5) is 14.2. The van der Waals surface area contributed by atoms with E-state index in [1.165, 1.54) is 0 Å². The number of aliphatic hydroxyl groups is 1. The van der Waals surface area contributed by atoms with Gasteiger partial charge >= 0.3 is 0 Å². The number of carbonyl (C=O) groups excluding carboxylic acids is 1. The van der Waals surface area contributed by atoms with Gasteiger partial charge in [0.25, 0.3) is 0 Å². The zero-order valence-electron chi connectivity index (χ0n) is 12.7. The third-order valence-electron chi connectivity index (χ3n) is 3.83. The number of rotatable bonds is 5. The Hall–Kier alpha value is -1.43. The van der Waals surface area contributed by atoms with Gasteiger partial charge in [0, 0.05) is 19.1 Å². The summed E-state index contributed by atoms with van der Waals surface area (Å²) < 4.78 is 5.27. The summed E-state index contributed by atoms with van der Waals surface area (Å²) in [5.74, 6) is 0.114. The lowest BCUT2D eigenvalue weighted by Crippen LogP contribution is -2.49. The highest BCUT2D eigenvalue weighted by atomic mass is 16.5. The number of hydrogen-bond acceptors (Lipinski definition) is 4. The van der Waals surface area contributed by atoms with Crippen LogP contribution in [0.1, 0.15) is 31.0 Å². The first-order valence-electron chi connectivity index (χ1n) is 7.44. The molecule has 0 radical (unpaired) electrons. The van der Waals surface area contributed by atoms with Crippen LogP contribution >= 0.6 is 0 Å². The molecule has 1 saturated heterocycles. The molecule has 0 bridgehead atoms. The third-order valence-corrected chi connectivity index (χ3v) is 3.83. The molecule has 5 heteroatoms. The van der Waals surface area contributed by atoms with E-state index in [0.29, 0.717) is 26.3 Å². The summed E-state index contributed by atoms with van der Waals surface area (Å²) in [6.07, 6.45) is 0. The van der Waals surface area contributed by atoms with Crippen LogP contribution in [0, 0.1) is 0 Å². The van der Waals surface area contributed by atoms with E-state index < -0.39 is 0 Å². The first-order chi connectivity index (χ1) is 10.1. The maximum Gasteiger partial charge on any atom is 0.239 e. The van der Waals surface area contributed by atoms with E-state index in [1.807, 2.05) is 43.0 Å². The number of carbonyl (C=O) groups is 1. The van der Waals surface area contributed by atoms with Gasteiger partial charge in [0.15, 0.2) is 0 Å². The van der Waals surface area contributed by atoms with Crippen molar-refractivity contribution in [1.82, 2.24) is 10.2 Å². The van der Waals surface area contributed by atoms with E-state index in [1.54, 1.807) is 0 Å². The van der Waals surface area contributed by atoms with E-state index >= 15 is 0 Å². The summed E-state index contributed by atoms with van der Waals surface area (Å²) in [6, 6.07) is 7.59. The number of morpholine rings is 1. The van der Waals surface area contributed by atoms with E-state index in [4.69, 9.17) is 4.74 Å². The highest BCUT2D eigenvalue weighted by Crippen LogP contribution is 2.15. The third kappa shape index (κ3) is 4.27. The molecule has 116 valence electrons. The van der Waals surface area contributed by atoms with Gasteiger partial charge in [-0.15, -0.1) is 0 Å². The Bertz CT molecular complexity index is 472. The van der Waals surface area contributed by atoms with Crippen LogP contribution in [0.5, 0.6) is 0 Å². The molecule has 1 amide bonds. The molecule has 1 aliphatic heterocycles. The van der Waals surface area contributed by atoms with Crippen LogP contribution in [-0.4, -0.2) is 48.3 Å². The fourth-order valence-electron chi connectivity index (χ4n) is 2.56. The Morgan fingerprint density at radius 3 is 2.76 bits per heavy atom. The number of aliphatic hydroxyl groups excluding tert-OH is 1. The van der Waals surface area contributed by atoms with Gasteiger partial charge in [-0.3, -0.25) is 10.1 Å². The second-order valence-corrected chi connectivity index (χ2v) is 5.45. The highest BCUT2D eigenvalue weighted by Gasteiger charge is 2.23. The number of amides is 1. The van der Waals surface area contributed by atoms with E-state index in [-0.39, 0.29) is 24.6 Å². The van der Waals surface area contributed by atoms with Crippen molar-refractivity contribution in [2.75, 3.05) is 26.3 Å². The Morgan fingerprint density at radius 1 is 1.38 bits per heavy atom. The Labute approximate surface area is 125 Å². The van der Waals surface area contributed by atoms with Crippen molar-refractivity contribution >= 4 is 5.91 Å². The van der Waals surface area contributed by atoms with Gasteiger partial charge in [-0.25, -0.2) is 0 Å². The first-order valence-corrected chi connectivity index (χ1v) is 7.44. The fourth-order valence-corrected chi connectivity index (χ4v) is 2.56. The molecule has 1 aromatic rings. The minimum Gasteiger partial charge on any atom is -0.392 e. The lowest BCUT2D eigenvalue weighted by Gasteiger charge is -2.30. The molecule has 0 saturated carbocycles. The van der Waals surface area contributed by atoms with Gasteiger partial charge < -0.3 is 14.7 Å². The van der Waals surface area contributed by atoms with Crippen LogP contribution in [0.4, 0.5) is 0 Å². The molecule has 1 heterocycles. The molecule has 2 unspecified atom stereocenters. The van der Waals surface area contributed by atoms with Crippen molar-refractivity contribution in [1.29, 1.82) is 0 Å². The van der Waals surface area contributed by atoms with Gasteiger partial charge in [0.1, 0.15) is 0 Å². The molecule has 1 aromatic carbocycles. The Morgan fingerprint density at radius 2 is 2.10 bits per heavy atom. The zero-order valence-corrected chi connectivity index (χ0v) is 12.7. The van der Waals surface area contributed by atoms with Crippen LogP contribution < -0.4 is 5.32 Å². The van der Waals surface area contributed by atoms with Crippen LogP contribution in [0.3, 0.4) is 0 Å². The van der Waals surface area contributed by atoms with Crippen LogP contribution in [0.15, 0.2) is 24.3 Å². The minimum absolute atomic E-state index is 0.0306. The number of benzene rings is 1. The lowest BCUT2D eigenvalue weighted by atomic mass is 10.0. The molecule has 0 aliphatic carbocycles. The van der Waals surface area contributed by atoms with Crippen molar-refractivity contribution in [3.63, 3.8) is 0 Å². The Balaban J connectivity index is 1.94. The SMILES string of the molecule is CC(NC(C)c1cccc(CO)c1)C(=O)N1CCOCC1. The molecule has 21 heavy (non-hydrogen) atoms. The fraction of sp³-hybridized carbons (Fsp3) is 0.562. The van der Waals surface area contributed by atoms with Crippen molar-refractivity contribution in [2.24, 2.45) is 0 Å². The smallest absolute Gasteiger partial charge is 0.239 e. The van der Waals surface area contributed by atoms with Gasteiger partial charge in [-0.05, 0) is 25.0 Å². The number of nitrogens with one attached hydrogen (secondary N) is 1. The van der Waals surface area contributed by atoms with Crippen molar-refractivity contribution in [3.05, 3.63) is 35.4 Å². The predicted molar refractivity (Wildman–Crippen MR) is 80.8 cm³/mol. The summed E-state index contributed by atoms with van der Waals surface area (Å²) >= 11 is 0. The summed E-state index contributed by atoms with van der Waals surface area (Å²) in [5, 5.41) is 12.5. The Kier molecular flexibility index (Phi) is 5.73. The van der Waals surface area contributed by atoms with Crippen molar-refractivity contribution < 1.29 is 14.6 Å². The van der Waals surface area contributed by atoms with Gasteiger partial charge in [0.2, 0.25) is 5.91 Å². The van der Waals surface area contributed by atoms with Crippen molar-refractivity contribution in [2.45, 2.75) is 32.5 Å². The molecule has 0 spiro atoms. The molecule has 2 rings (SSSR count). The maximum absolute atomic E-state index is 12.4. The number of nitrogens with zero attached hydrogens (tertiary/aromatic N) is 1. The van der Waals surface area contributed by atoms with Crippen molar-refractivity contribution in [3.8, 4) is 0 Å². The van der Waals surface area contributed by atoms with Gasteiger partial charge in [-0.1, -0.05) is 24.3 Å². The number of hydrogen-bond donors (Lipinski definition) is 2. The van der Waals surface area contributed by atoms with Crippen LogP contribution in [-0.2, 0) is 16.1 Å². The van der Waals surface area contributed by atoms with Gasteiger partial charge in [0.05, 0.1) is 25.9 Å². The molecule has 1 fully saturated rings. The van der Waals surface area contributed by atoms with E-state index in [0.717, 1.165) is 11.1 Å². The predicted octanol–water partition coefficient (Wildman–Crippen LogP) is 1.08. The maximum atomic E-state index is 12.4. The normalized spacial score (nSPS) is 18.3. The van der Waals surface area contributed by atoms with Gasteiger partial charge in [-0.2, -0.15) is 0 Å². The molecule has 5 nitrogen and oxygen atoms in total. The minimum atomic E-state index is -0.240. The monoisotopic (exact) mass is 292 g/mol. The average Bonchev–Trinajstić information content (AvgIpc) is 2.54. The average molecular weight is 292 g/mol. The highest BCUT2D eigenvalue weighted by molar-refractivity contribution is 5.81. The molecule has 1 aliphatic rings. The topological polar surface area (TPSA) is 61.8 Å². The first kappa shape index (κ1) is 15.9. The van der Waals surface area contributed by atoms with Crippen LogP contribution in [0.2, 0.25) is 0 Å². The summed E-state index contributed by atoms with van der Waals surface area (Å²) in [6.45, 7) is 6.52.